The number of aromatic hydroxyl groups is 1. The van der Waals surface area contributed by atoms with E-state index in [0.717, 1.165) is 31.5 Å². The van der Waals surface area contributed by atoms with E-state index in [2.05, 4.69) is 11.8 Å². The van der Waals surface area contributed by atoms with Crippen LogP contribution < -0.4 is 0 Å². The van der Waals surface area contributed by atoms with Crippen molar-refractivity contribution in [2.45, 2.75) is 26.3 Å². The lowest BCUT2D eigenvalue weighted by molar-refractivity contribution is 0.188. The number of unbranched alkanes of at least 4 members (excludes halogenated alkanes) is 1. The van der Waals surface area contributed by atoms with Crippen molar-refractivity contribution in [1.29, 1.82) is 0 Å². The molecule has 0 radical (unpaired) electrons. The molecule has 0 heterocycles. The zero-order valence-corrected chi connectivity index (χ0v) is 9.89. The Balaban J connectivity index is 2.52. The first-order valence-corrected chi connectivity index (χ1v) is 5.87. The van der Waals surface area contributed by atoms with Gasteiger partial charge in [0.15, 0.2) is 0 Å². The van der Waals surface area contributed by atoms with Crippen LogP contribution in [-0.2, 0) is 6.54 Å². The minimum Gasteiger partial charge on any atom is -0.508 e. The van der Waals surface area contributed by atoms with Crippen molar-refractivity contribution >= 4 is 0 Å². The van der Waals surface area contributed by atoms with Gasteiger partial charge in [-0.1, -0.05) is 25.5 Å². The van der Waals surface area contributed by atoms with E-state index in [1.54, 1.807) is 12.1 Å². The standard InChI is InChI=1S/C13H21NO2/c1-2-3-7-14(8-9-15)11-12-5-4-6-13(16)10-12/h4-6,10,15-16H,2-3,7-9,11H2,1H3. The van der Waals surface area contributed by atoms with E-state index < -0.39 is 0 Å². The van der Waals surface area contributed by atoms with Gasteiger partial charge in [0.05, 0.1) is 6.61 Å². The fraction of sp³-hybridized carbons (Fsp3) is 0.538. The van der Waals surface area contributed by atoms with Crippen molar-refractivity contribution in [3.8, 4) is 5.75 Å². The highest BCUT2D eigenvalue weighted by molar-refractivity contribution is 5.26. The lowest BCUT2D eigenvalue weighted by Crippen LogP contribution is -2.27. The maximum atomic E-state index is 9.36. The van der Waals surface area contributed by atoms with Gasteiger partial charge in [0, 0.05) is 13.1 Å². The molecule has 0 aliphatic heterocycles. The fourth-order valence-electron chi connectivity index (χ4n) is 1.71. The predicted molar refractivity (Wildman–Crippen MR) is 65.4 cm³/mol. The molecule has 1 aromatic carbocycles. The largest absolute Gasteiger partial charge is 0.508 e. The molecule has 0 aliphatic carbocycles. The lowest BCUT2D eigenvalue weighted by atomic mass is 10.2. The van der Waals surface area contributed by atoms with Gasteiger partial charge in [-0.15, -0.1) is 0 Å². The van der Waals surface area contributed by atoms with E-state index in [1.165, 1.54) is 0 Å². The van der Waals surface area contributed by atoms with Gasteiger partial charge < -0.3 is 10.2 Å². The van der Waals surface area contributed by atoms with E-state index in [4.69, 9.17) is 5.11 Å². The van der Waals surface area contributed by atoms with Gasteiger partial charge in [0.2, 0.25) is 0 Å². The molecule has 0 spiro atoms. The van der Waals surface area contributed by atoms with Crippen LogP contribution in [0, 0.1) is 0 Å². The lowest BCUT2D eigenvalue weighted by Gasteiger charge is -2.21. The summed E-state index contributed by atoms with van der Waals surface area (Å²) in [5.41, 5.74) is 1.09. The third kappa shape index (κ3) is 4.64. The van der Waals surface area contributed by atoms with Crippen LogP contribution in [0.5, 0.6) is 5.75 Å². The van der Waals surface area contributed by atoms with E-state index in [-0.39, 0.29) is 6.61 Å². The Morgan fingerprint density at radius 2 is 2.06 bits per heavy atom. The van der Waals surface area contributed by atoms with Gasteiger partial charge in [0.25, 0.3) is 0 Å². The molecule has 0 bridgehead atoms. The molecule has 3 nitrogen and oxygen atoms in total. The number of aliphatic hydroxyl groups is 1. The summed E-state index contributed by atoms with van der Waals surface area (Å²) in [5.74, 6) is 0.303. The normalized spacial score (nSPS) is 10.9. The van der Waals surface area contributed by atoms with Gasteiger partial charge in [-0.2, -0.15) is 0 Å². The first kappa shape index (κ1) is 13.0. The van der Waals surface area contributed by atoms with Crippen molar-refractivity contribution in [3.05, 3.63) is 29.8 Å². The Hall–Kier alpha value is -1.06. The van der Waals surface area contributed by atoms with Crippen molar-refractivity contribution in [1.82, 2.24) is 4.90 Å². The predicted octanol–water partition coefficient (Wildman–Crippen LogP) is 1.99. The molecule has 1 aromatic rings. The second kappa shape index (κ2) is 7.25. The molecule has 0 unspecified atom stereocenters. The minimum atomic E-state index is 0.183. The van der Waals surface area contributed by atoms with Crippen LogP contribution >= 0.6 is 0 Å². The summed E-state index contributed by atoms with van der Waals surface area (Å²) in [6.45, 7) is 4.81. The number of rotatable bonds is 7. The molecule has 0 fully saturated rings. The Morgan fingerprint density at radius 1 is 1.25 bits per heavy atom. The highest BCUT2D eigenvalue weighted by atomic mass is 16.3. The Morgan fingerprint density at radius 3 is 2.69 bits per heavy atom. The fourth-order valence-corrected chi connectivity index (χ4v) is 1.71. The molecule has 0 atom stereocenters. The first-order chi connectivity index (χ1) is 7.76. The van der Waals surface area contributed by atoms with Crippen molar-refractivity contribution in [2.75, 3.05) is 19.7 Å². The molecule has 0 saturated carbocycles. The van der Waals surface area contributed by atoms with Crippen LogP contribution in [-0.4, -0.2) is 34.8 Å². The van der Waals surface area contributed by atoms with E-state index in [0.29, 0.717) is 12.3 Å². The monoisotopic (exact) mass is 223 g/mol. The Bertz CT molecular complexity index is 302. The molecule has 0 aliphatic rings. The second-order valence-corrected chi connectivity index (χ2v) is 4.02. The van der Waals surface area contributed by atoms with Crippen LogP contribution in [0.3, 0.4) is 0 Å². The quantitative estimate of drug-likeness (QED) is 0.743. The topological polar surface area (TPSA) is 43.7 Å². The summed E-state index contributed by atoms with van der Waals surface area (Å²) in [6, 6.07) is 7.29. The molecule has 3 heteroatoms. The molecule has 90 valence electrons. The van der Waals surface area contributed by atoms with Crippen LogP contribution in [0.15, 0.2) is 24.3 Å². The van der Waals surface area contributed by atoms with Gasteiger partial charge in [-0.25, -0.2) is 0 Å². The van der Waals surface area contributed by atoms with Gasteiger partial charge in [0.1, 0.15) is 5.75 Å². The van der Waals surface area contributed by atoms with Crippen LogP contribution in [0.25, 0.3) is 0 Å². The van der Waals surface area contributed by atoms with E-state index in [1.807, 2.05) is 12.1 Å². The number of phenolic OH excluding ortho intramolecular Hbond substituents is 1. The maximum Gasteiger partial charge on any atom is 0.115 e. The number of benzene rings is 1. The highest BCUT2D eigenvalue weighted by Crippen LogP contribution is 2.13. The summed E-state index contributed by atoms with van der Waals surface area (Å²) in [7, 11) is 0. The molecule has 0 amide bonds. The zero-order chi connectivity index (χ0) is 11.8. The highest BCUT2D eigenvalue weighted by Gasteiger charge is 2.05. The van der Waals surface area contributed by atoms with Crippen molar-refractivity contribution < 1.29 is 10.2 Å². The molecule has 1 rings (SSSR count). The summed E-state index contributed by atoms with van der Waals surface area (Å²) < 4.78 is 0. The second-order valence-electron chi connectivity index (χ2n) is 4.02. The number of aliphatic hydroxyl groups excluding tert-OH is 1. The Labute approximate surface area is 97.3 Å². The maximum absolute atomic E-state index is 9.36. The number of nitrogens with zero attached hydrogens (tertiary/aromatic N) is 1. The van der Waals surface area contributed by atoms with Crippen LogP contribution in [0.4, 0.5) is 0 Å². The third-order valence-electron chi connectivity index (χ3n) is 2.56. The Kier molecular flexibility index (Phi) is 5.90. The van der Waals surface area contributed by atoms with Gasteiger partial charge in [-0.3, -0.25) is 4.90 Å². The average molecular weight is 223 g/mol. The summed E-state index contributed by atoms with van der Waals surface area (Å²) >= 11 is 0. The molecule has 0 aromatic heterocycles. The zero-order valence-electron chi connectivity index (χ0n) is 9.89. The summed E-state index contributed by atoms with van der Waals surface area (Å²) in [5, 5.41) is 18.3. The van der Waals surface area contributed by atoms with E-state index in [9.17, 15) is 5.11 Å². The molecule has 0 saturated heterocycles. The van der Waals surface area contributed by atoms with Gasteiger partial charge >= 0.3 is 0 Å². The third-order valence-corrected chi connectivity index (χ3v) is 2.56. The molecule has 16 heavy (non-hydrogen) atoms. The number of phenols is 1. The number of hydrogen-bond acceptors (Lipinski definition) is 3. The molecule has 2 N–H and O–H groups in total. The van der Waals surface area contributed by atoms with Crippen molar-refractivity contribution in [3.63, 3.8) is 0 Å². The van der Waals surface area contributed by atoms with Gasteiger partial charge in [-0.05, 0) is 30.7 Å². The SMILES string of the molecule is CCCCN(CCO)Cc1cccc(O)c1. The van der Waals surface area contributed by atoms with Crippen LogP contribution in [0.1, 0.15) is 25.3 Å². The van der Waals surface area contributed by atoms with Crippen molar-refractivity contribution in [2.24, 2.45) is 0 Å². The average Bonchev–Trinajstić information content (AvgIpc) is 2.26. The molecular formula is C13H21NO2. The molecular weight excluding hydrogens is 202 g/mol. The first-order valence-electron chi connectivity index (χ1n) is 5.87. The minimum absolute atomic E-state index is 0.183. The smallest absolute Gasteiger partial charge is 0.115 e. The van der Waals surface area contributed by atoms with E-state index >= 15 is 0 Å². The number of hydrogen-bond donors (Lipinski definition) is 2. The van der Waals surface area contributed by atoms with Crippen LogP contribution in [0.2, 0.25) is 0 Å². The summed E-state index contributed by atoms with van der Waals surface area (Å²) in [4.78, 5) is 2.21. The summed E-state index contributed by atoms with van der Waals surface area (Å²) in [6.07, 6.45) is 2.29.